The van der Waals surface area contributed by atoms with Crippen LogP contribution < -0.4 is 5.32 Å². The van der Waals surface area contributed by atoms with Crippen LogP contribution in [-0.2, 0) is 0 Å². The maximum absolute atomic E-state index is 13.7. The van der Waals surface area contributed by atoms with Crippen molar-refractivity contribution in [3.63, 3.8) is 0 Å². The Morgan fingerprint density at radius 3 is 2.47 bits per heavy atom. The maximum Gasteiger partial charge on any atom is 0.126 e. The highest BCUT2D eigenvalue weighted by molar-refractivity contribution is 5.71. The molecule has 0 aromatic heterocycles. The van der Waals surface area contributed by atoms with E-state index in [4.69, 9.17) is 0 Å². The number of rotatable bonds is 4. The summed E-state index contributed by atoms with van der Waals surface area (Å²) in [7, 11) is 0. The van der Waals surface area contributed by atoms with Crippen molar-refractivity contribution in [3.05, 3.63) is 59.4 Å². The first-order valence-electron chi connectivity index (χ1n) is 6.73. The zero-order chi connectivity index (χ0) is 13.8. The van der Waals surface area contributed by atoms with E-state index in [1.54, 1.807) is 6.07 Å². The van der Waals surface area contributed by atoms with E-state index >= 15 is 0 Å². The third-order valence-corrected chi connectivity index (χ3v) is 3.50. The molecule has 0 heterocycles. The van der Waals surface area contributed by atoms with E-state index in [1.807, 2.05) is 25.1 Å². The first-order chi connectivity index (χ1) is 9.15. The fraction of sp³-hybridized carbons (Fsp3) is 0.294. The second kappa shape index (κ2) is 5.98. The molecule has 0 aliphatic rings. The van der Waals surface area contributed by atoms with Crippen LogP contribution in [0.25, 0.3) is 11.1 Å². The van der Waals surface area contributed by atoms with E-state index in [2.05, 4.69) is 31.3 Å². The topological polar surface area (TPSA) is 12.0 Å². The molecule has 0 radical (unpaired) electrons. The van der Waals surface area contributed by atoms with Crippen LogP contribution in [0, 0.1) is 12.7 Å². The third kappa shape index (κ3) is 2.85. The summed E-state index contributed by atoms with van der Waals surface area (Å²) < 4.78 is 13.7. The van der Waals surface area contributed by atoms with Crippen LogP contribution in [0.5, 0.6) is 0 Å². The lowest BCUT2D eigenvalue weighted by atomic mass is 9.92. The molecule has 1 N–H and O–H groups in total. The molecule has 0 bridgehead atoms. The average molecular weight is 257 g/mol. The van der Waals surface area contributed by atoms with Crippen molar-refractivity contribution < 1.29 is 4.39 Å². The van der Waals surface area contributed by atoms with Crippen LogP contribution in [0.2, 0.25) is 0 Å². The van der Waals surface area contributed by atoms with Crippen LogP contribution in [0.4, 0.5) is 4.39 Å². The van der Waals surface area contributed by atoms with Crippen molar-refractivity contribution in [2.24, 2.45) is 0 Å². The molecule has 1 nitrogen and oxygen atoms in total. The average Bonchev–Trinajstić information content (AvgIpc) is 2.42. The molecule has 1 atom stereocenters. The van der Waals surface area contributed by atoms with Gasteiger partial charge in [0.15, 0.2) is 0 Å². The summed E-state index contributed by atoms with van der Waals surface area (Å²) in [5.41, 5.74) is 3.99. The first-order valence-corrected chi connectivity index (χ1v) is 6.73. The second-order valence-corrected chi connectivity index (χ2v) is 4.78. The number of halogens is 1. The molecular weight excluding hydrogens is 237 g/mol. The van der Waals surface area contributed by atoms with E-state index in [0.29, 0.717) is 5.56 Å². The van der Waals surface area contributed by atoms with Gasteiger partial charge in [-0.3, -0.25) is 0 Å². The van der Waals surface area contributed by atoms with Gasteiger partial charge < -0.3 is 5.32 Å². The predicted octanol–water partition coefficient (Wildman–Crippen LogP) is 4.47. The van der Waals surface area contributed by atoms with Crippen molar-refractivity contribution in [1.82, 2.24) is 5.32 Å². The van der Waals surface area contributed by atoms with Gasteiger partial charge in [-0.05, 0) is 48.7 Å². The van der Waals surface area contributed by atoms with Gasteiger partial charge in [0, 0.05) is 6.04 Å². The zero-order valence-corrected chi connectivity index (χ0v) is 11.7. The Kier molecular flexibility index (Phi) is 4.33. The minimum atomic E-state index is -0.150. The molecule has 1 unspecified atom stereocenters. The predicted molar refractivity (Wildman–Crippen MR) is 78.7 cm³/mol. The SMILES string of the molecule is CCNC(C)c1ccccc1-c1cccc(F)c1C. The van der Waals surface area contributed by atoms with Gasteiger partial charge in [0.1, 0.15) is 5.82 Å². The Bertz CT molecular complexity index is 563. The second-order valence-electron chi connectivity index (χ2n) is 4.78. The Balaban J connectivity index is 2.53. The van der Waals surface area contributed by atoms with Gasteiger partial charge in [-0.1, -0.05) is 43.3 Å². The summed E-state index contributed by atoms with van der Waals surface area (Å²) in [5, 5.41) is 3.41. The molecule has 2 aromatic carbocycles. The monoisotopic (exact) mass is 257 g/mol. The molecule has 19 heavy (non-hydrogen) atoms. The van der Waals surface area contributed by atoms with Crippen molar-refractivity contribution in [2.75, 3.05) is 6.54 Å². The van der Waals surface area contributed by atoms with E-state index in [0.717, 1.165) is 17.7 Å². The minimum Gasteiger partial charge on any atom is -0.310 e. The molecule has 0 saturated heterocycles. The standard InChI is InChI=1S/C17H20FN/c1-4-19-13(3)15-8-5-6-9-16(15)14-10-7-11-17(18)12(14)2/h5-11,13,19H,4H2,1-3H3. The molecule has 2 aromatic rings. The van der Waals surface area contributed by atoms with Crippen molar-refractivity contribution >= 4 is 0 Å². The molecule has 0 fully saturated rings. The Morgan fingerprint density at radius 1 is 1.05 bits per heavy atom. The van der Waals surface area contributed by atoms with Crippen LogP contribution in [0.15, 0.2) is 42.5 Å². The quantitative estimate of drug-likeness (QED) is 0.852. The van der Waals surface area contributed by atoms with Gasteiger partial charge in [-0.2, -0.15) is 0 Å². The summed E-state index contributed by atoms with van der Waals surface area (Å²) in [6.45, 7) is 6.97. The van der Waals surface area contributed by atoms with Crippen LogP contribution in [-0.4, -0.2) is 6.54 Å². The summed E-state index contributed by atoms with van der Waals surface area (Å²) in [5.74, 6) is -0.150. The lowest BCUT2D eigenvalue weighted by molar-refractivity contribution is 0.598. The van der Waals surface area contributed by atoms with Crippen LogP contribution >= 0.6 is 0 Å². The smallest absolute Gasteiger partial charge is 0.126 e. The van der Waals surface area contributed by atoms with Crippen molar-refractivity contribution in [1.29, 1.82) is 0 Å². The Morgan fingerprint density at radius 2 is 1.74 bits per heavy atom. The van der Waals surface area contributed by atoms with Crippen molar-refractivity contribution in [2.45, 2.75) is 26.8 Å². The van der Waals surface area contributed by atoms with Gasteiger partial charge >= 0.3 is 0 Å². The summed E-state index contributed by atoms with van der Waals surface area (Å²) in [4.78, 5) is 0. The number of hydrogen-bond donors (Lipinski definition) is 1. The minimum absolute atomic E-state index is 0.150. The van der Waals surface area contributed by atoms with Crippen molar-refractivity contribution in [3.8, 4) is 11.1 Å². The summed E-state index contributed by atoms with van der Waals surface area (Å²) >= 11 is 0. The Hall–Kier alpha value is -1.67. The molecule has 0 aliphatic carbocycles. The van der Waals surface area contributed by atoms with Crippen LogP contribution in [0.3, 0.4) is 0 Å². The molecule has 0 saturated carbocycles. The highest BCUT2D eigenvalue weighted by atomic mass is 19.1. The molecule has 0 spiro atoms. The molecule has 0 amide bonds. The van der Waals surface area contributed by atoms with Gasteiger partial charge in [0.2, 0.25) is 0 Å². The number of benzene rings is 2. The molecule has 0 aliphatic heterocycles. The normalized spacial score (nSPS) is 12.4. The van der Waals surface area contributed by atoms with Crippen LogP contribution in [0.1, 0.15) is 31.0 Å². The molecule has 100 valence electrons. The van der Waals surface area contributed by atoms with Gasteiger partial charge in [0.25, 0.3) is 0 Å². The van der Waals surface area contributed by atoms with E-state index in [-0.39, 0.29) is 11.9 Å². The fourth-order valence-electron chi connectivity index (χ4n) is 2.44. The fourth-order valence-corrected chi connectivity index (χ4v) is 2.44. The highest BCUT2D eigenvalue weighted by Crippen LogP contribution is 2.31. The van der Waals surface area contributed by atoms with E-state index in [1.165, 1.54) is 11.6 Å². The largest absolute Gasteiger partial charge is 0.310 e. The number of nitrogens with one attached hydrogen (secondary N) is 1. The molecule has 2 heteroatoms. The number of hydrogen-bond acceptors (Lipinski definition) is 1. The van der Waals surface area contributed by atoms with Gasteiger partial charge in [-0.15, -0.1) is 0 Å². The first kappa shape index (κ1) is 13.8. The molecule has 2 rings (SSSR count). The van der Waals surface area contributed by atoms with Gasteiger partial charge in [-0.25, -0.2) is 4.39 Å². The summed E-state index contributed by atoms with van der Waals surface area (Å²) in [6.07, 6.45) is 0. The van der Waals surface area contributed by atoms with Gasteiger partial charge in [0.05, 0.1) is 0 Å². The highest BCUT2D eigenvalue weighted by Gasteiger charge is 2.13. The van der Waals surface area contributed by atoms with E-state index < -0.39 is 0 Å². The zero-order valence-electron chi connectivity index (χ0n) is 11.7. The lowest BCUT2D eigenvalue weighted by Gasteiger charge is -2.18. The Labute approximate surface area is 114 Å². The molecular formula is C17H20FN. The van der Waals surface area contributed by atoms with E-state index in [9.17, 15) is 4.39 Å². The lowest BCUT2D eigenvalue weighted by Crippen LogP contribution is -2.18. The summed E-state index contributed by atoms with van der Waals surface area (Å²) in [6, 6.07) is 13.7. The third-order valence-electron chi connectivity index (χ3n) is 3.50. The maximum atomic E-state index is 13.7.